The van der Waals surface area contributed by atoms with Crippen LogP contribution in [-0.4, -0.2) is 25.5 Å². The fourth-order valence-corrected chi connectivity index (χ4v) is 3.00. The first kappa shape index (κ1) is 24.0. The van der Waals surface area contributed by atoms with E-state index in [9.17, 15) is 19.2 Å². The SMILES string of the molecule is COc1cc(/C=C(\C#N)C(=O)Nc2cccc(C)c2)ccc1OCC(=O)Nc1ccc(F)cc1. The third-order valence-corrected chi connectivity index (χ3v) is 4.63. The van der Waals surface area contributed by atoms with Gasteiger partial charge in [-0.2, -0.15) is 5.26 Å². The van der Waals surface area contributed by atoms with Crippen LogP contribution in [0.25, 0.3) is 6.08 Å². The minimum atomic E-state index is -0.537. The van der Waals surface area contributed by atoms with Gasteiger partial charge in [-0.05, 0) is 72.7 Å². The zero-order valence-corrected chi connectivity index (χ0v) is 18.6. The Kier molecular flexibility index (Phi) is 7.97. The maximum Gasteiger partial charge on any atom is 0.266 e. The van der Waals surface area contributed by atoms with Crippen molar-refractivity contribution in [3.63, 3.8) is 0 Å². The Balaban J connectivity index is 1.67. The van der Waals surface area contributed by atoms with Crippen LogP contribution in [0.15, 0.2) is 72.3 Å². The summed E-state index contributed by atoms with van der Waals surface area (Å²) < 4.78 is 23.8. The number of hydrogen-bond donors (Lipinski definition) is 2. The Morgan fingerprint density at radius 2 is 1.76 bits per heavy atom. The van der Waals surface area contributed by atoms with Crippen molar-refractivity contribution in [3.05, 3.63) is 89.2 Å². The number of nitrogens with one attached hydrogen (secondary N) is 2. The van der Waals surface area contributed by atoms with Crippen LogP contribution in [-0.2, 0) is 9.59 Å². The fourth-order valence-electron chi connectivity index (χ4n) is 3.00. The smallest absolute Gasteiger partial charge is 0.266 e. The molecule has 3 rings (SSSR count). The number of halogens is 1. The van der Waals surface area contributed by atoms with E-state index in [1.165, 1.54) is 37.5 Å². The third-order valence-electron chi connectivity index (χ3n) is 4.63. The second kappa shape index (κ2) is 11.3. The van der Waals surface area contributed by atoms with Gasteiger partial charge in [-0.1, -0.05) is 18.2 Å². The number of methoxy groups -OCH3 is 1. The molecule has 0 saturated carbocycles. The number of carbonyl (C=O) groups excluding carboxylic acids is 2. The number of nitriles is 1. The van der Waals surface area contributed by atoms with E-state index >= 15 is 0 Å². The lowest BCUT2D eigenvalue weighted by Crippen LogP contribution is -2.20. The Bertz CT molecular complexity index is 1260. The zero-order chi connectivity index (χ0) is 24.5. The quantitative estimate of drug-likeness (QED) is 0.376. The Labute approximate surface area is 196 Å². The molecule has 0 radical (unpaired) electrons. The summed E-state index contributed by atoms with van der Waals surface area (Å²) in [5.41, 5.74) is 2.46. The molecule has 3 aromatic rings. The zero-order valence-electron chi connectivity index (χ0n) is 18.6. The summed E-state index contributed by atoms with van der Waals surface area (Å²) in [7, 11) is 1.43. The van der Waals surface area contributed by atoms with E-state index in [1.54, 1.807) is 30.3 Å². The molecule has 0 heterocycles. The van der Waals surface area contributed by atoms with Gasteiger partial charge in [0.15, 0.2) is 18.1 Å². The summed E-state index contributed by atoms with van der Waals surface area (Å²) in [6.07, 6.45) is 1.43. The molecule has 34 heavy (non-hydrogen) atoms. The van der Waals surface area contributed by atoms with Crippen LogP contribution in [0.1, 0.15) is 11.1 Å². The molecule has 0 atom stereocenters. The summed E-state index contributed by atoms with van der Waals surface area (Å²) in [4.78, 5) is 24.6. The van der Waals surface area contributed by atoms with Crippen molar-refractivity contribution in [1.82, 2.24) is 0 Å². The molecule has 0 aliphatic heterocycles. The summed E-state index contributed by atoms with van der Waals surface area (Å²) in [6, 6.07) is 19.3. The van der Waals surface area contributed by atoms with Crippen molar-refractivity contribution >= 4 is 29.3 Å². The highest BCUT2D eigenvalue weighted by atomic mass is 19.1. The van der Waals surface area contributed by atoms with E-state index in [1.807, 2.05) is 25.1 Å². The number of amides is 2. The first-order valence-electron chi connectivity index (χ1n) is 10.2. The lowest BCUT2D eigenvalue weighted by molar-refractivity contribution is -0.118. The summed E-state index contributed by atoms with van der Waals surface area (Å²) in [6.45, 7) is 1.60. The highest BCUT2D eigenvalue weighted by Crippen LogP contribution is 2.29. The van der Waals surface area contributed by atoms with Gasteiger partial charge in [0.1, 0.15) is 17.5 Å². The second-order valence-electron chi connectivity index (χ2n) is 7.25. The van der Waals surface area contributed by atoms with Crippen molar-refractivity contribution < 1.29 is 23.5 Å². The molecular weight excluding hydrogens is 437 g/mol. The van der Waals surface area contributed by atoms with E-state index in [0.29, 0.717) is 28.4 Å². The number of rotatable bonds is 8. The van der Waals surface area contributed by atoms with Crippen LogP contribution in [0, 0.1) is 24.1 Å². The van der Waals surface area contributed by atoms with Crippen molar-refractivity contribution in [2.24, 2.45) is 0 Å². The fraction of sp³-hybridized carbons (Fsp3) is 0.115. The molecule has 0 unspecified atom stereocenters. The highest BCUT2D eigenvalue weighted by molar-refractivity contribution is 6.09. The molecule has 8 heteroatoms. The molecule has 7 nitrogen and oxygen atoms in total. The van der Waals surface area contributed by atoms with Crippen LogP contribution in [0.4, 0.5) is 15.8 Å². The lowest BCUT2D eigenvalue weighted by Gasteiger charge is -2.12. The van der Waals surface area contributed by atoms with E-state index < -0.39 is 17.6 Å². The molecule has 172 valence electrons. The predicted molar refractivity (Wildman–Crippen MR) is 127 cm³/mol. The van der Waals surface area contributed by atoms with Gasteiger partial charge in [0, 0.05) is 11.4 Å². The first-order valence-corrected chi connectivity index (χ1v) is 10.2. The molecule has 2 amide bonds. The molecule has 0 fully saturated rings. The lowest BCUT2D eigenvalue weighted by atomic mass is 10.1. The monoisotopic (exact) mass is 459 g/mol. The second-order valence-corrected chi connectivity index (χ2v) is 7.25. The average Bonchev–Trinajstić information content (AvgIpc) is 2.82. The van der Waals surface area contributed by atoms with Gasteiger partial charge in [-0.25, -0.2) is 4.39 Å². The number of nitrogens with zero attached hydrogens (tertiary/aromatic N) is 1. The molecule has 0 spiro atoms. The molecule has 0 aliphatic rings. The summed E-state index contributed by atoms with van der Waals surface area (Å²) in [5, 5.41) is 14.7. The predicted octanol–water partition coefficient (Wildman–Crippen LogP) is 4.71. The normalized spacial score (nSPS) is 10.7. The minimum Gasteiger partial charge on any atom is -0.493 e. The van der Waals surface area contributed by atoms with Crippen molar-refractivity contribution in [3.8, 4) is 17.6 Å². The maximum absolute atomic E-state index is 13.0. The van der Waals surface area contributed by atoms with Gasteiger partial charge in [0.05, 0.1) is 7.11 Å². The number of benzene rings is 3. The van der Waals surface area contributed by atoms with E-state index in [4.69, 9.17) is 9.47 Å². The maximum atomic E-state index is 13.0. The minimum absolute atomic E-state index is 0.0871. The molecule has 0 bridgehead atoms. The van der Waals surface area contributed by atoms with Crippen LogP contribution < -0.4 is 20.1 Å². The van der Waals surface area contributed by atoms with Gasteiger partial charge in [-0.3, -0.25) is 9.59 Å². The molecular formula is C26H22FN3O4. The topological polar surface area (TPSA) is 100 Å². The largest absolute Gasteiger partial charge is 0.493 e. The van der Waals surface area contributed by atoms with Crippen molar-refractivity contribution in [2.45, 2.75) is 6.92 Å². The van der Waals surface area contributed by atoms with E-state index in [0.717, 1.165) is 5.56 Å². The molecule has 0 saturated heterocycles. The average molecular weight is 459 g/mol. The van der Waals surface area contributed by atoms with Crippen molar-refractivity contribution in [2.75, 3.05) is 24.4 Å². The van der Waals surface area contributed by atoms with Crippen LogP contribution in [0.2, 0.25) is 0 Å². The first-order chi connectivity index (χ1) is 16.4. The van der Waals surface area contributed by atoms with Gasteiger partial charge in [-0.15, -0.1) is 0 Å². The number of ether oxygens (including phenoxy) is 2. The van der Waals surface area contributed by atoms with E-state index in [-0.39, 0.29) is 12.2 Å². The number of anilines is 2. The summed E-state index contributed by atoms with van der Waals surface area (Å²) in [5.74, 6) is -0.751. The van der Waals surface area contributed by atoms with Gasteiger partial charge >= 0.3 is 0 Å². The third kappa shape index (κ3) is 6.68. The van der Waals surface area contributed by atoms with Crippen LogP contribution >= 0.6 is 0 Å². The number of hydrogen-bond acceptors (Lipinski definition) is 5. The molecule has 0 aliphatic carbocycles. The Morgan fingerprint density at radius 3 is 2.44 bits per heavy atom. The molecule has 2 N–H and O–H groups in total. The summed E-state index contributed by atoms with van der Waals surface area (Å²) >= 11 is 0. The number of aryl methyl sites for hydroxylation is 1. The van der Waals surface area contributed by atoms with E-state index in [2.05, 4.69) is 10.6 Å². The van der Waals surface area contributed by atoms with Gasteiger partial charge in [0.2, 0.25) is 0 Å². The Hall–Kier alpha value is -4.64. The van der Waals surface area contributed by atoms with Gasteiger partial charge < -0.3 is 20.1 Å². The Morgan fingerprint density at radius 1 is 1.00 bits per heavy atom. The number of carbonyl (C=O) groups is 2. The van der Waals surface area contributed by atoms with Crippen LogP contribution in [0.3, 0.4) is 0 Å². The molecule has 0 aromatic heterocycles. The van der Waals surface area contributed by atoms with Gasteiger partial charge in [0.25, 0.3) is 11.8 Å². The highest BCUT2D eigenvalue weighted by Gasteiger charge is 2.12. The molecule has 3 aromatic carbocycles. The van der Waals surface area contributed by atoms with Crippen LogP contribution in [0.5, 0.6) is 11.5 Å². The standard InChI is InChI=1S/C26H22FN3O4/c1-17-4-3-5-22(12-17)30-26(32)19(15-28)13-18-6-11-23(24(14-18)33-2)34-16-25(31)29-21-9-7-20(27)8-10-21/h3-14H,16H2,1-2H3,(H,29,31)(H,30,32)/b19-13+. The van der Waals surface area contributed by atoms with Crippen molar-refractivity contribution in [1.29, 1.82) is 5.26 Å².